The van der Waals surface area contributed by atoms with Gasteiger partial charge in [-0.2, -0.15) is 0 Å². The van der Waals surface area contributed by atoms with Gasteiger partial charge in [-0.1, -0.05) is 24.3 Å². The Morgan fingerprint density at radius 3 is 2.86 bits per heavy atom. The molecule has 28 heavy (non-hydrogen) atoms. The predicted molar refractivity (Wildman–Crippen MR) is 112 cm³/mol. The summed E-state index contributed by atoms with van der Waals surface area (Å²) >= 11 is 0. The summed E-state index contributed by atoms with van der Waals surface area (Å²) in [5.41, 5.74) is 4.19. The van der Waals surface area contributed by atoms with Crippen molar-refractivity contribution in [1.29, 1.82) is 0 Å². The summed E-state index contributed by atoms with van der Waals surface area (Å²) in [5.74, 6) is 3.43. The molecule has 0 amide bonds. The van der Waals surface area contributed by atoms with Crippen molar-refractivity contribution in [2.24, 2.45) is 0 Å². The van der Waals surface area contributed by atoms with E-state index in [9.17, 15) is 0 Å². The first-order chi connectivity index (χ1) is 13.2. The van der Waals surface area contributed by atoms with Crippen LogP contribution in [0.1, 0.15) is 48.8 Å². The fraction of sp³-hybridized carbons (Fsp3) is 0.478. The normalized spacial score (nSPS) is 25.9. The van der Waals surface area contributed by atoms with Crippen LogP contribution >= 0.6 is 12.4 Å². The molecule has 3 aliphatic rings. The molecule has 0 saturated carbocycles. The molecule has 1 fully saturated rings. The molecule has 2 heterocycles. The topological polar surface area (TPSA) is 30.9 Å². The molecule has 1 saturated heterocycles. The lowest BCUT2D eigenvalue weighted by Crippen LogP contribution is -2.44. The number of methoxy groups -OCH3 is 1. The molecule has 5 rings (SSSR count). The number of hydrogen-bond acceptors (Lipinski definition) is 4. The lowest BCUT2D eigenvalue weighted by Gasteiger charge is -2.44. The molecular weight excluding hydrogens is 374 g/mol. The zero-order valence-electron chi connectivity index (χ0n) is 16.6. The minimum atomic E-state index is 0. The molecule has 2 aromatic carbocycles. The Bertz CT molecular complexity index is 871. The van der Waals surface area contributed by atoms with Gasteiger partial charge in [-0.25, -0.2) is 0 Å². The van der Waals surface area contributed by atoms with Crippen LogP contribution in [0.5, 0.6) is 17.2 Å². The van der Waals surface area contributed by atoms with Gasteiger partial charge in [-0.15, -0.1) is 12.4 Å². The highest BCUT2D eigenvalue weighted by Crippen LogP contribution is 2.49. The van der Waals surface area contributed by atoms with Gasteiger partial charge in [-0.05, 0) is 62.4 Å². The summed E-state index contributed by atoms with van der Waals surface area (Å²) in [6, 6.07) is 12.9. The van der Waals surface area contributed by atoms with E-state index in [0.29, 0.717) is 12.7 Å². The van der Waals surface area contributed by atoms with Crippen molar-refractivity contribution in [3.05, 3.63) is 53.1 Å². The van der Waals surface area contributed by atoms with E-state index >= 15 is 0 Å². The monoisotopic (exact) mass is 401 g/mol. The molecule has 2 aliphatic heterocycles. The maximum Gasteiger partial charge on any atom is 0.231 e. The maximum absolute atomic E-state index is 5.82. The molecule has 5 heteroatoms. The number of likely N-dealkylation sites (tertiary alicyclic amines) is 1. The van der Waals surface area contributed by atoms with Crippen LogP contribution in [-0.2, 0) is 12.0 Å². The van der Waals surface area contributed by atoms with Crippen LogP contribution < -0.4 is 14.2 Å². The Labute approximate surface area is 173 Å². The van der Waals surface area contributed by atoms with Gasteiger partial charge >= 0.3 is 0 Å². The Hall–Kier alpha value is -1.91. The van der Waals surface area contributed by atoms with Gasteiger partial charge in [0.2, 0.25) is 6.79 Å². The van der Waals surface area contributed by atoms with Crippen molar-refractivity contribution in [1.82, 2.24) is 4.90 Å². The average molecular weight is 402 g/mol. The second-order valence-corrected chi connectivity index (χ2v) is 8.13. The number of para-hydroxylation sites is 1. The van der Waals surface area contributed by atoms with Gasteiger partial charge < -0.3 is 14.2 Å². The van der Waals surface area contributed by atoms with E-state index in [1.807, 2.05) is 0 Å². The lowest BCUT2D eigenvalue weighted by molar-refractivity contribution is 0.110. The van der Waals surface area contributed by atoms with Crippen LogP contribution in [0.4, 0.5) is 0 Å². The van der Waals surface area contributed by atoms with Crippen LogP contribution in [0.3, 0.4) is 0 Å². The number of nitrogens with zero attached hydrogens (tertiary/aromatic N) is 1. The first kappa shape index (κ1) is 19.4. The third-order valence-electron chi connectivity index (χ3n) is 6.78. The molecule has 150 valence electrons. The average Bonchev–Trinajstić information content (AvgIpc) is 3.38. The summed E-state index contributed by atoms with van der Waals surface area (Å²) in [4.78, 5) is 2.68. The molecular formula is C23H28ClNO3. The lowest BCUT2D eigenvalue weighted by atomic mass is 9.76. The van der Waals surface area contributed by atoms with Crippen molar-refractivity contribution in [3.63, 3.8) is 0 Å². The highest BCUT2D eigenvalue weighted by atomic mass is 35.5. The number of halogens is 1. The Kier molecular flexibility index (Phi) is 5.19. The third-order valence-corrected chi connectivity index (χ3v) is 6.78. The van der Waals surface area contributed by atoms with Gasteiger partial charge in [0, 0.05) is 23.6 Å². The summed E-state index contributed by atoms with van der Waals surface area (Å²) in [6.45, 7) is 4.96. The van der Waals surface area contributed by atoms with E-state index in [1.54, 1.807) is 7.11 Å². The van der Waals surface area contributed by atoms with Crippen molar-refractivity contribution in [2.45, 2.75) is 44.1 Å². The Balaban J connectivity index is 0.00000192. The minimum Gasteiger partial charge on any atom is -0.496 e. The third kappa shape index (κ3) is 2.94. The summed E-state index contributed by atoms with van der Waals surface area (Å²) in [5, 5.41) is 0. The van der Waals surface area contributed by atoms with Crippen LogP contribution in [-0.4, -0.2) is 31.9 Å². The molecule has 1 aliphatic carbocycles. The Morgan fingerprint density at radius 2 is 2.00 bits per heavy atom. The van der Waals surface area contributed by atoms with E-state index in [0.717, 1.165) is 36.8 Å². The molecule has 0 radical (unpaired) electrons. The van der Waals surface area contributed by atoms with E-state index in [4.69, 9.17) is 14.2 Å². The zero-order valence-corrected chi connectivity index (χ0v) is 17.4. The molecule has 4 nitrogen and oxygen atoms in total. The fourth-order valence-corrected chi connectivity index (χ4v) is 5.32. The maximum atomic E-state index is 5.82. The number of rotatable bonds is 3. The first-order valence-electron chi connectivity index (χ1n) is 10.0. The Morgan fingerprint density at radius 1 is 1.14 bits per heavy atom. The van der Waals surface area contributed by atoms with Gasteiger partial charge in [0.25, 0.3) is 0 Å². The number of hydrogen-bond donors (Lipinski definition) is 0. The molecule has 2 atom stereocenters. The molecule has 2 aromatic rings. The zero-order chi connectivity index (χ0) is 18.4. The predicted octanol–water partition coefficient (Wildman–Crippen LogP) is 4.89. The molecule has 2 unspecified atom stereocenters. The number of fused-ring (bicyclic) bond motifs is 3. The number of ether oxygens (including phenoxy) is 3. The molecule has 0 bridgehead atoms. The van der Waals surface area contributed by atoms with Gasteiger partial charge in [-0.3, -0.25) is 4.90 Å². The van der Waals surface area contributed by atoms with Crippen LogP contribution in [0.2, 0.25) is 0 Å². The van der Waals surface area contributed by atoms with Gasteiger partial charge in [0.15, 0.2) is 11.5 Å². The largest absolute Gasteiger partial charge is 0.496 e. The highest BCUT2D eigenvalue weighted by molar-refractivity contribution is 5.85. The van der Waals surface area contributed by atoms with E-state index in [1.165, 1.54) is 36.0 Å². The van der Waals surface area contributed by atoms with Crippen molar-refractivity contribution >= 4 is 12.4 Å². The van der Waals surface area contributed by atoms with Gasteiger partial charge in [0.05, 0.1) is 7.11 Å². The summed E-state index contributed by atoms with van der Waals surface area (Å²) < 4.78 is 17.0. The van der Waals surface area contributed by atoms with E-state index in [2.05, 4.69) is 48.2 Å². The van der Waals surface area contributed by atoms with Crippen molar-refractivity contribution in [3.8, 4) is 17.2 Å². The molecule has 0 N–H and O–H groups in total. The van der Waals surface area contributed by atoms with Crippen LogP contribution in [0, 0.1) is 0 Å². The SMILES string of the molecule is COc1ccccc1C1CCN(C2(C)CCCc3c2ccc2c3OCO2)C1.Cl. The number of benzene rings is 2. The molecule has 0 aromatic heterocycles. The smallest absolute Gasteiger partial charge is 0.231 e. The standard InChI is InChI=1S/C23H27NO3.ClH/c1-23(12-5-7-18-19(23)9-10-21-22(18)27-15-26-21)24-13-11-16(14-24)17-6-3-4-8-20(17)25-2;/h3-4,6,8-10,16H,5,7,11-15H2,1-2H3;1H. The summed E-state index contributed by atoms with van der Waals surface area (Å²) in [7, 11) is 1.77. The van der Waals surface area contributed by atoms with Crippen molar-refractivity contribution < 1.29 is 14.2 Å². The fourth-order valence-electron chi connectivity index (χ4n) is 5.32. The highest BCUT2D eigenvalue weighted by Gasteiger charge is 2.43. The molecule has 0 spiro atoms. The van der Waals surface area contributed by atoms with Crippen molar-refractivity contribution in [2.75, 3.05) is 27.0 Å². The second kappa shape index (κ2) is 7.49. The quantitative estimate of drug-likeness (QED) is 0.732. The summed E-state index contributed by atoms with van der Waals surface area (Å²) in [6.07, 6.45) is 4.65. The first-order valence-corrected chi connectivity index (χ1v) is 10.0. The van der Waals surface area contributed by atoms with E-state index in [-0.39, 0.29) is 17.9 Å². The van der Waals surface area contributed by atoms with Gasteiger partial charge in [0.1, 0.15) is 5.75 Å². The van der Waals surface area contributed by atoms with E-state index < -0.39 is 0 Å². The van der Waals surface area contributed by atoms with Crippen LogP contribution in [0.15, 0.2) is 36.4 Å². The second-order valence-electron chi connectivity index (χ2n) is 8.13. The minimum absolute atomic E-state index is 0. The van der Waals surface area contributed by atoms with Crippen LogP contribution in [0.25, 0.3) is 0 Å².